The van der Waals surface area contributed by atoms with Crippen LogP contribution in [0.25, 0.3) is 11.4 Å². The fraction of sp³-hybridized carbons (Fsp3) is 0.333. The largest absolute Gasteiger partial charge is 0.481 e. The Hall–Kier alpha value is -1.60. The van der Waals surface area contributed by atoms with Crippen LogP contribution in [0, 0.1) is 0 Å². The molecule has 0 aliphatic heterocycles. The van der Waals surface area contributed by atoms with E-state index in [0.717, 1.165) is 23.7 Å². The van der Waals surface area contributed by atoms with Gasteiger partial charge in [-0.25, -0.2) is 0 Å². The van der Waals surface area contributed by atoms with Gasteiger partial charge in [0.15, 0.2) is 11.0 Å². The lowest BCUT2D eigenvalue weighted by Crippen LogP contribution is -2.04. The first kappa shape index (κ1) is 14.8. The van der Waals surface area contributed by atoms with Crippen LogP contribution in [-0.2, 0) is 11.3 Å². The minimum absolute atomic E-state index is 0.0497. The third-order valence-electron chi connectivity index (χ3n) is 2.50. The van der Waals surface area contributed by atoms with Crippen LogP contribution >= 0.6 is 23.4 Å². The molecular formula is C12H13ClN4O2S. The van der Waals surface area contributed by atoms with Crippen molar-refractivity contribution >= 4 is 29.3 Å². The molecule has 0 amide bonds. The lowest BCUT2D eigenvalue weighted by molar-refractivity contribution is -0.133. The molecule has 2 rings (SSSR count). The molecule has 0 bridgehead atoms. The standard InChI is InChI=1S/C12H13ClN4O2S/c1-2-5-17-11(8-3-4-14-6-9(8)13)15-16-12(17)20-7-10(18)19/h3-4,6H,2,5,7H2,1H3,(H,18,19). The van der Waals surface area contributed by atoms with Crippen LogP contribution in [-0.4, -0.2) is 36.6 Å². The van der Waals surface area contributed by atoms with Gasteiger partial charge in [-0.05, 0) is 12.5 Å². The number of aliphatic carboxylic acids is 1. The summed E-state index contributed by atoms with van der Waals surface area (Å²) in [6.45, 7) is 2.73. The summed E-state index contributed by atoms with van der Waals surface area (Å²) in [4.78, 5) is 14.6. The maximum Gasteiger partial charge on any atom is 0.313 e. The van der Waals surface area contributed by atoms with Gasteiger partial charge in [-0.2, -0.15) is 0 Å². The van der Waals surface area contributed by atoms with Crippen molar-refractivity contribution < 1.29 is 9.90 Å². The first-order chi connectivity index (χ1) is 9.63. The van der Waals surface area contributed by atoms with Crippen molar-refractivity contribution in [1.29, 1.82) is 0 Å². The highest BCUT2D eigenvalue weighted by atomic mass is 35.5. The van der Waals surface area contributed by atoms with E-state index in [4.69, 9.17) is 16.7 Å². The van der Waals surface area contributed by atoms with Crippen molar-refractivity contribution in [1.82, 2.24) is 19.7 Å². The first-order valence-electron chi connectivity index (χ1n) is 6.01. The summed E-state index contributed by atoms with van der Waals surface area (Å²) in [5, 5.41) is 18.0. The van der Waals surface area contributed by atoms with E-state index in [-0.39, 0.29) is 5.75 Å². The molecule has 0 fully saturated rings. The van der Waals surface area contributed by atoms with Crippen LogP contribution in [0.3, 0.4) is 0 Å². The highest BCUT2D eigenvalue weighted by Crippen LogP contribution is 2.28. The normalized spacial score (nSPS) is 10.7. The molecule has 2 aromatic heterocycles. The van der Waals surface area contributed by atoms with Crippen molar-refractivity contribution in [3.63, 3.8) is 0 Å². The van der Waals surface area contributed by atoms with Crippen LogP contribution in [0.2, 0.25) is 5.02 Å². The SMILES string of the molecule is CCCn1c(SCC(=O)O)nnc1-c1ccncc1Cl. The molecule has 2 heterocycles. The van der Waals surface area contributed by atoms with E-state index in [9.17, 15) is 4.79 Å². The van der Waals surface area contributed by atoms with Gasteiger partial charge in [-0.1, -0.05) is 30.3 Å². The monoisotopic (exact) mass is 312 g/mol. The predicted octanol–water partition coefficient (Wildman–Crippen LogP) is 2.58. The minimum atomic E-state index is -0.885. The van der Waals surface area contributed by atoms with Gasteiger partial charge in [-0.3, -0.25) is 9.78 Å². The molecule has 1 N–H and O–H groups in total. The Kier molecular flexibility index (Phi) is 4.97. The molecule has 0 saturated carbocycles. The highest BCUT2D eigenvalue weighted by molar-refractivity contribution is 7.99. The molecule has 0 unspecified atom stereocenters. The van der Waals surface area contributed by atoms with Crippen LogP contribution in [0.5, 0.6) is 0 Å². The number of nitrogens with zero attached hydrogens (tertiary/aromatic N) is 4. The third kappa shape index (κ3) is 3.29. The summed E-state index contributed by atoms with van der Waals surface area (Å²) in [5.74, 6) is -0.303. The molecule has 8 heteroatoms. The van der Waals surface area contributed by atoms with Gasteiger partial charge in [0, 0.05) is 24.5 Å². The second-order valence-corrected chi connectivity index (χ2v) is 5.35. The molecule has 0 radical (unpaired) electrons. The maximum atomic E-state index is 10.7. The zero-order valence-corrected chi connectivity index (χ0v) is 12.4. The third-order valence-corrected chi connectivity index (χ3v) is 3.75. The van der Waals surface area contributed by atoms with E-state index in [1.54, 1.807) is 18.5 Å². The van der Waals surface area contributed by atoms with E-state index in [2.05, 4.69) is 15.2 Å². The van der Waals surface area contributed by atoms with Crippen molar-refractivity contribution in [2.24, 2.45) is 0 Å². The lowest BCUT2D eigenvalue weighted by atomic mass is 10.2. The quantitative estimate of drug-likeness (QED) is 0.826. The molecule has 0 aromatic carbocycles. The molecule has 0 saturated heterocycles. The Balaban J connectivity index is 2.38. The first-order valence-corrected chi connectivity index (χ1v) is 7.37. The number of carbonyl (C=O) groups is 1. The molecule has 0 spiro atoms. The van der Waals surface area contributed by atoms with Crippen LogP contribution in [0.4, 0.5) is 0 Å². The van der Waals surface area contributed by atoms with E-state index in [0.29, 0.717) is 22.5 Å². The molecule has 20 heavy (non-hydrogen) atoms. The van der Waals surface area contributed by atoms with Gasteiger partial charge < -0.3 is 9.67 Å². The second kappa shape index (κ2) is 6.71. The van der Waals surface area contributed by atoms with E-state index >= 15 is 0 Å². The van der Waals surface area contributed by atoms with Crippen molar-refractivity contribution in [2.45, 2.75) is 25.0 Å². The number of hydrogen-bond acceptors (Lipinski definition) is 5. The van der Waals surface area contributed by atoms with Gasteiger partial charge in [-0.15, -0.1) is 10.2 Å². The topological polar surface area (TPSA) is 80.9 Å². The van der Waals surface area contributed by atoms with E-state index in [1.807, 2.05) is 11.5 Å². The summed E-state index contributed by atoms with van der Waals surface area (Å²) in [5.41, 5.74) is 0.741. The molecule has 0 atom stereocenters. The van der Waals surface area contributed by atoms with Gasteiger partial charge in [0.2, 0.25) is 0 Å². The smallest absolute Gasteiger partial charge is 0.313 e. The number of rotatable bonds is 6. The second-order valence-electron chi connectivity index (χ2n) is 4.00. The van der Waals surface area contributed by atoms with Gasteiger partial charge in [0.25, 0.3) is 0 Å². The number of hydrogen-bond donors (Lipinski definition) is 1. The number of thioether (sulfide) groups is 1. The maximum absolute atomic E-state index is 10.7. The summed E-state index contributed by atoms with van der Waals surface area (Å²) < 4.78 is 1.88. The molecular weight excluding hydrogens is 300 g/mol. The fourth-order valence-electron chi connectivity index (χ4n) is 1.70. The summed E-state index contributed by atoms with van der Waals surface area (Å²) >= 11 is 7.27. The van der Waals surface area contributed by atoms with Gasteiger partial charge in [0.1, 0.15) is 0 Å². The average molecular weight is 313 g/mol. The Morgan fingerprint density at radius 2 is 2.30 bits per heavy atom. The van der Waals surface area contributed by atoms with Crippen LogP contribution < -0.4 is 0 Å². The van der Waals surface area contributed by atoms with Gasteiger partial charge >= 0.3 is 5.97 Å². The number of aromatic nitrogens is 4. The number of carboxylic acid groups (broad SMARTS) is 1. The highest BCUT2D eigenvalue weighted by Gasteiger charge is 2.16. The Morgan fingerprint density at radius 1 is 1.50 bits per heavy atom. The zero-order chi connectivity index (χ0) is 14.5. The molecule has 0 aliphatic carbocycles. The summed E-state index contributed by atoms with van der Waals surface area (Å²) in [6.07, 6.45) is 4.07. The Bertz CT molecular complexity index is 617. The summed E-state index contributed by atoms with van der Waals surface area (Å²) in [7, 11) is 0. The number of carboxylic acids is 1. The molecule has 2 aromatic rings. The minimum Gasteiger partial charge on any atom is -0.481 e. The van der Waals surface area contributed by atoms with Crippen LogP contribution in [0.1, 0.15) is 13.3 Å². The van der Waals surface area contributed by atoms with E-state index < -0.39 is 5.97 Å². The predicted molar refractivity (Wildman–Crippen MR) is 76.9 cm³/mol. The Labute approximate surface area is 125 Å². The molecule has 106 valence electrons. The van der Waals surface area contributed by atoms with Crippen molar-refractivity contribution in [3.8, 4) is 11.4 Å². The van der Waals surface area contributed by atoms with Crippen LogP contribution in [0.15, 0.2) is 23.6 Å². The number of halogens is 1. The fourth-order valence-corrected chi connectivity index (χ4v) is 2.59. The van der Waals surface area contributed by atoms with E-state index in [1.165, 1.54) is 0 Å². The lowest BCUT2D eigenvalue weighted by Gasteiger charge is -2.08. The zero-order valence-electron chi connectivity index (χ0n) is 10.8. The van der Waals surface area contributed by atoms with Gasteiger partial charge in [0.05, 0.1) is 10.8 Å². The Morgan fingerprint density at radius 3 is 2.95 bits per heavy atom. The van der Waals surface area contributed by atoms with Crippen molar-refractivity contribution in [2.75, 3.05) is 5.75 Å². The average Bonchev–Trinajstić information content (AvgIpc) is 2.80. The number of pyridine rings is 1. The molecule has 0 aliphatic rings. The molecule has 6 nitrogen and oxygen atoms in total. The summed E-state index contributed by atoms with van der Waals surface area (Å²) in [6, 6.07) is 1.77. The van der Waals surface area contributed by atoms with Crippen molar-refractivity contribution in [3.05, 3.63) is 23.5 Å².